The van der Waals surface area contributed by atoms with E-state index >= 15 is 0 Å². The van der Waals surface area contributed by atoms with Crippen molar-refractivity contribution in [1.82, 2.24) is 10.2 Å². The second-order valence-corrected chi connectivity index (χ2v) is 4.29. The molecule has 1 aromatic heterocycles. The molecule has 1 atom stereocenters. The molecule has 0 radical (unpaired) electrons. The molecule has 0 aromatic carbocycles. The van der Waals surface area contributed by atoms with Gasteiger partial charge in [-0.1, -0.05) is 11.6 Å². The van der Waals surface area contributed by atoms with E-state index in [-0.39, 0.29) is 0 Å². The summed E-state index contributed by atoms with van der Waals surface area (Å²) < 4.78 is 0. The first-order valence-electron chi connectivity index (χ1n) is 4.90. The molecule has 2 rings (SSSR count). The van der Waals surface area contributed by atoms with Gasteiger partial charge in [-0.15, -0.1) is 10.2 Å². The molecule has 1 unspecified atom stereocenters. The maximum Gasteiger partial charge on any atom is 0.151 e. The first-order valence-corrected chi connectivity index (χ1v) is 5.28. The molecule has 1 aliphatic carbocycles. The topological polar surface area (TPSA) is 29.0 Å². The Bertz CT molecular complexity index is 308. The van der Waals surface area contributed by atoms with Gasteiger partial charge in [0.2, 0.25) is 0 Å². The van der Waals surface area contributed by atoms with Crippen molar-refractivity contribution in [3.05, 3.63) is 17.3 Å². The summed E-state index contributed by atoms with van der Waals surface area (Å²) in [5.41, 5.74) is 0. The minimum Gasteiger partial charge on any atom is -0.355 e. The van der Waals surface area contributed by atoms with E-state index in [9.17, 15) is 0 Å². The fourth-order valence-electron chi connectivity index (χ4n) is 1.60. The predicted molar refractivity (Wildman–Crippen MR) is 57.6 cm³/mol. The minimum atomic E-state index is 0.446. The molecule has 76 valence electrons. The zero-order valence-electron chi connectivity index (χ0n) is 8.44. The van der Waals surface area contributed by atoms with Crippen molar-refractivity contribution >= 4 is 17.4 Å². The van der Waals surface area contributed by atoms with Crippen LogP contribution in [-0.2, 0) is 0 Å². The molecule has 0 aliphatic heterocycles. The fraction of sp³-hybridized carbons (Fsp3) is 0.600. The Morgan fingerprint density at radius 1 is 1.43 bits per heavy atom. The molecule has 0 amide bonds. The molecule has 0 saturated heterocycles. The highest BCUT2D eigenvalue weighted by atomic mass is 35.5. The van der Waals surface area contributed by atoms with Gasteiger partial charge in [0, 0.05) is 13.1 Å². The Labute approximate surface area is 89.1 Å². The van der Waals surface area contributed by atoms with E-state index in [2.05, 4.69) is 29.1 Å². The number of rotatable bonds is 3. The van der Waals surface area contributed by atoms with Gasteiger partial charge in [0.15, 0.2) is 11.0 Å². The van der Waals surface area contributed by atoms with E-state index in [4.69, 9.17) is 11.6 Å². The van der Waals surface area contributed by atoms with Crippen LogP contribution in [0.1, 0.15) is 19.8 Å². The molecule has 0 N–H and O–H groups in total. The number of aromatic nitrogens is 2. The third kappa shape index (κ3) is 1.98. The van der Waals surface area contributed by atoms with Crippen molar-refractivity contribution in [2.75, 3.05) is 11.9 Å². The highest BCUT2D eigenvalue weighted by Crippen LogP contribution is 2.35. The largest absolute Gasteiger partial charge is 0.355 e. The lowest BCUT2D eigenvalue weighted by Gasteiger charge is -2.25. The minimum absolute atomic E-state index is 0.446. The van der Waals surface area contributed by atoms with E-state index < -0.39 is 0 Å². The van der Waals surface area contributed by atoms with Crippen LogP contribution in [0.2, 0.25) is 5.15 Å². The monoisotopic (exact) mass is 211 g/mol. The molecule has 3 nitrogen and oxygen atoms in total. The summed E-state index contributed by atoms with van der Waals surface area (Å²) in [6.07, 6.45) is 2.68. The van der Waals surface area contributed by atoms with Gasteiger partial charge in [-0.2, -0.15) is 0 Å². The van der Waals surface area contributed by atoms with Gasteiger partial charge >= 0.3 is 0 Å². The van der Waals surface area contributed by atoms with Crippen molar-refractivity contribution < 1.29 is 0 Å². The van der Waals surface area contributed by atoms with Crippen LogP contribution in [0.15, 0.2) is 12.1 Å². The van der Waals surface area contributed by atoms with E-state index in [1.165, 1.54) is 12.8 Å². The molecule has 4 heteroatoms. The summed E-state index contributed by atoms with van der Waals surface area (Å²) in [7, 11) is 2.06. The van der Waals surface area contributed by atoms with Gasteiger partial charge in [0.1, 0.15) is 0 Å². The Hall–Kier alpha value is -0.830. The third-order valence-corrected chi connectivity index (χ3v) is 3.10. The average molecular weight is 212 g/mol. The van der Waals surface area contributed by atoms with E-state index in [1.807, 2.05) is 6.07 Å². The zero-order valence-corrected chi connectivity index (χ0v) is 9.20. The third-order valence-electron chi connectivity index (χ3n) is 2.89. The van der Waals surface area contributed by atoms with Gasteiger partial charge in [-0.25, -0.2) is 0 Å². The van der Waals surface area contributed by atoms with Gasteiger partial charge in [0.05, 0.1) is 0 Å². The molecular formula is C10H14ClN3. The van der Waals surface area contributed by atoms with Gasteiger partial charge < -0.3 is 4.90 Å². The molecule has 1 saturated carbocycles. The first-order chi connectivity index (χ1) is 6.68. The molecule has 1 fully saturated rings. The van der Waals surface area contributed by atoms with Gasteiger partial charge in [-0.05, 0) is 37.8 Å². The quantitative estimate of drug-likeness (QED) is 0.769. The lowest BCUT2D eigenvalue weighted by atomic mass is 10.2. The smallest absolute Gasteiger partial charge is 0.151 e. The lowest BCUT2D eigenvalue weighted by molar-refractivity contribution is 0.601. The van der Waals surface area contributed by atoms with E-state index in [1.54, 1.807) is 6.07 Å². The highest BCUT2D eigenvalue weighted by molar-refractivity contribution is 6.29. The number of hydrogen-bond acceptors (Lipinski definition) is 3. The predicted octanol–water partition coefficient (Wildman–Crippen LogP) is 2.36. The van der Waals surface area contributed by atoms with Crippen molar-refractivity contribution in [3.8, 4) is 0 Å². The zero-order chi connectivity index (χ0) is 10.1. The summed E-state index contributed by atoms with van der Waals surface area (Å²) >= 11 is 5.68. The molecule has 1 aliphatic rings. The van der Waals surface area contributed by atoms with Crippen LogP contribution in [0.25, 0.3) is 0 Å². The average Bonchev–Trinajstić information content (AvgIpc) is 3.00. The van der Waals surface area contributed by atoms with Crippen molar-refractivity contribution in [1.29, 1.82) is 0 Å². The molecule has 1 heterocycles. The molecule has 0 bridgehead atoms. The van der Waals surface area contributed by atoms with Crippen molar-refractivity contribution in [2.45, 2.75) is 25.8 Å². The fourth-order valence-corrected chi connectivity index (χ4v) is 1.70. The van der Waals surface area contributed by atoms with Crippen LogP contribution in [0.5, 0.6) is 0 Å². The number of anilines is 1. The van der Waals surface area contributed by atoms with Crippen LogP contribution in [-0.4, -0.2) is 23.3 Å². The summed E-state index contributed by atoms with van der Waals surface area (Å²) in [6, 6.07) is 4.24. The molecule has 0 spiro atoms. The van der Waals surface area contributed by atoms with Crippen molar-refractivity contribution in [2.24, 2.45) is 5.92 Å². The SMILES string of the molecule is CC(C1CC1)N(C)c1ccc(Cl)nn1. The van der Waals surface area contributed by atoms with Gasteiger partial charge in [0.25, 0.3) is 0 Å². The Kier molecular flexibility index (Phi) is 2.59. The summed E-state index contributed by atoms with van der Waals surface area (Å²) in [5, 5.41) is 8.34. The second kappa shape index (κ2) is 3.73. The van der Waals surface area contributed by atoms with Crippen LogP contribution < -0.4 is 4.90 Å². The maximum absolute atomic E-state index is 5.68. The number of nitrogens with zero attached hydrogens (tertiary/aromatic N) is 3. The Morgan fingerprint density at radius 2 is 2.14 bits per heavy atom. The highest BCUT2D eigenvalue weighted by Gasteiger charge is 2.31. The number of halogens is 1. The van der Waals surface area contributed by atoms with Crippen LogP contribution in [0, 0.1) is 5.92 Å². The molecule has 1 aromatic rings. The van der Waals surface area contributed by atoms with Gasteiger partial charge in [-0.3, -0.25) is 0 Å². The second-order valence-electron chi connectivity index (χ2n) is 3.90. The van der Waals surface area contributed by atoms with E-state index in [0.29, 0.717) is 11.2 Å². The van der Waals surface area contributed by atoms with Crippen LogP contribution >= 0.6 is 11.6 Å². The summed E-state index contributed by atoms with van der Waals surface area (Å²) in [6.45, 7) is 2.23. The summed E-state index contributed by atoms with van der Waals surface area (Å²) in [5.74, 6) is 1.73. The van der Waals surface area contributed by atoms with Crippen molar-refractivity contribution in [3.63, 3.8) is 0 Å². The van der Waals surface area contributed by atoms with Crippen LogP contribution in [0.3, 0.4) is 0 Å². The van der Waals surface area contributed by atoms with E-state index in [0.717, 1.165) is 11.7 Å². The first kappa shape index (κ1) is 9.71. The number of hydrogen-bond donors (Lipinski definition) is 0. The molecular weight excluding hydrogens is 198 g/mol. The Balaban J connectivity index is 2.09. The lowest BCUT2D eigenvalue weighted by Crippen LogP contribution is -2.31. The standard InChI is InChI=1S/C10H14ClN3/c1-7(8-3-4-8)14(2)10-6-5-9(11)12-13-10/h5-8H,3-4H2,1-2H3. The normalized spacial score (nSPS) is 17.9. The maximum atomic E-state index is 5.68. The molecule has 14 heavy (non-hydrogen) atoms. The Morgan fingerprint density at radius 3 is 2.64 bits per heavy atom. The van der Waals surface area contributed by atoms with Crippen LogP contribution in [0.4, 0.5) is 5.82 Å². The summed E-state index contributed by atoms with van der Waals surface area (Å²) in [4.78, 5) is 2.17.